The van der Waals surface area contributed by atoms with Crippen LogP contribution in [0, 0.1) is 5.92 Å². The summed E-state index contributed by atoms with van der Waals surface area (Å²) in [5.74, 6) is 0.165. The number of carbonyl (C=O) groups is 1. The standard InChI is InChI=1S/C15H20N2O.C2H6/c1-10(2)15(18)13(16)8-7-11-9-17-14-6-4-3-5-12(11)14;1-2/h3-6,9-10,13,17H,7-8,16H2,1-2H3;1-2H3. The molecule has 0 radical (unpaired) electrons. The van der Waals surface area contributed by atoms with Crippen LogP contribution < -0.4 is 5.73 Å². The molecule has 0 aliphatic carbocycles. The Hall–Kier alpha value is -1.61. The lowest BCUT2D eigenvalue weighted by Crippen LogP contribution is -2.34. The van der Waals surface area contributed by atoms with Crippen molar-refractivity contribution in [3.63, 3.8) is 0 Å². The van der Waals surface area contributed by atoms with E-state index in [4.69, 9.17) is 5.73 Å². The van der Waals surface area contributed by atoms with Gasteiger partial charge in [-0.1, -0.05) is 45.9 Å². The average Bonchev–Trinajstić information content (AvgIpc) is 2.89. The van der Waals surface area contributed by atoms with Crippen molar-refractivity contribution in [2.24, 2.45) is 11.7 Å². The van der Waals surface area contributed by atoms with Crippen LogP contribution in [0.1, 0.15) is 39.7 Å². The summed E-state index contributed by atoms with van der Waals surface area (Å²) in [5, 5.41) is 1.22. The summed E-state index contributed by atoms with van der Waals surface area (Å²) >= 11 is 0. The van der Waals surface area contributed by atoms with Crippen LogP contribution in [0.25, 0.3) is 10.9 Å². The summed E-state index contributed by atoms with van der Waals surface area (Å²) in [5.41, 5.74) is 8.29. The molecule has 3 heteroatoms. The largest absolute Gasteiger partial charge is 0.361 e. The molecule has 2 rings (SSSR count). The first-order chi connectivity index (χ1) is 9.59. The first-order valence-electron chi connectivity index (χ1n) is 7.44. The Morgan fingerprint density at radius 1 is 1.25 bits per heavy atom. The number of hydrogen-bond acceptors (Lipinski definition) is 2. The topological polar surface area (TPSA) is 58.9 Å². The second kappa shape index (κ2) is 7.85. The molecule has 0 spiro atoms. The van der Waals surface area contributed by atoms with Gasteiger partial charge in [-0.15, -0.1) is 0 Å². The van der Waals surface area contributed by atoms with E-state index in [-0.39, 0.29) is 17.7 Å². The van der Waals surface area contributed by atoms with Crippen LogP contribution in [-0.4, -0.2) is 16.8 Å². The van der Waals surface area contributed by atoms with Gasteiger partial charge in [0.15, 0.2) is 5.78 Å². The first-order valence-corrected chi connectivity index (χ1v) is 7.44. The molecular formula is C17H26N2O. The molecule has 1 aromatic heterocycles. The fourth-order valence-corrected chi connectivity index (χ4v) is 2.22. The van der Waals surface area contributed by atoms with Crippen molar-refractivity contribution in [3.05, 3.63) is 36.0 Å². The lowest BCUT2D eigenvalue weighted by molar-refractivity contribution is -0.123. The molecule has 1 atom stereocenters. The van der Waals surface area contributed by atoms with Gasteiger partial charge < -0.3 is 10.7 Å². The molecule has 0 aliphatic rings. The molecule has 20 heavy (non-hydrogen) atoms. The number of para-hydroxylation sites is 1. The van der Waals surface area contributed by atoms with Gasteiger partial charge in [0.1, 0.15) is 0 Å². The molecule has 110 valence electrons. The van der Waals surface area contributed by atoms with E-state index in [1.807, 2.05) is 46.0 Å². The number of fused-ring (bicyclic) bond motifs is 1. The number of aromatic nitrogens is 1. The monoisotopic (exact) mass is 274 g/mol. The number of benzene rings is 1. The highest BCUT2D eigenvalue weighted by Gasteiger charge is 2.17. The quantitative estimate of drug-likeness (QED) is 0.873. The molecule has 1 aromatic carbocycles. The summed E-state index contributed by atoms with van der Waals surface area (Å²) in [6, 6.07) is 7.84. The normalized spacial score (nSPS) is 12.1. The smallest absolute Gasteiger partial charge is 0.152 e. The summed E-state index contributed by atoms with van der Waals surface area (Å²) < 4.78 is 0. The van der Waals surface area contributed by atoms with Crippen LogP contribution in [0.2, 0.25) is 0 Å². The fraction of sp³-hybridized carbons (Fsp3) is 0.471. The van der Waals surface area contributed by atoms with Crippen molar-refractivity contribution in [1.29, 1.82) is 0 Å². The zero-order chi connectivity index (χ0) is 15.1. The number of Topliss-reactive ketones (excluding diaryl/α,β-unsaturated/α-hetero) is 1. The Morgan fingerprint density at radius 3 is 2.55 bits per heavy atom. The summed E-state index contributed by atoms with van der Waals surface area (Å²) in [4.78, 5) is 15.0. The van der Waals surface area contributed by atoms with E-state index in [1.165, 1.54) is 10.9 Å². The molecule has 3 nitrogen and oxygen atoms in total. The lowest BCUT2D eigenvalue weighted by Gasteiger charge is -2.12. The SMILES string of the molecule is CC.CC(C)C(=O)C(N)CCc1c[nH]c2ccccc12. The third-order valence-corrected chi connectivity index (χ3v) is 3.33. The number of carbonyl (C=O) groups excluding carboxylic acids is 1. The summed E-state index contributed by atoms with van der Waals surface area (Å²) in [6.07, 6.45) is 3.56. The number of H-pyrrole nitrogens is 1. The number of aryl methyl sites for hydroxylation is 1. The Balaban J connectivity index is 0.000000956. The predicted molar refractivity (Wildman–Crippen MR) is 85.8 cm³/mol. The second-order valence-electron chi connectivity index (χ2n) is 5.06. The van der Waals surface area contributed by atoms with Gasteiger partial charge in [-0.3, -0.25) is 4.79 Å². The Bertz CT molecular complexity index is 543. The predicted octanol–water partition coefficient (Wildman–Crippen LogP) is 3.68. The molecule has 0 aliphatic heterocycles. The van der Waals surface area contributed by atoms with Crippen molar-refractivity contribution >= 4 is 16.7 Å². The van der Waals surface area contributed by atoms with Gasteiger partial charge >= 0.3 is 0 Å². The van der Waals surface area contributed by atoms with Gasteiger partial charge in [-0.2, -0.15) is 0 Å². The van der Waals surface area contributed by atoms with Crippen LogP contribution in [0.5, 0.6) is 0 Å². The number of ketones is 1. The minimum absolute atomic E-state index is 0.0166. The van der Waals surface area contributed by atoms with Gasteiger partial charge in [0.2, 0.25) is 0 Å². The van der Waals surface area contributed by atoms with Crippen LogP contribution in [0.15, 0.2) is 30.5 Å². The van der Waals surface area contributed by atoms with Crippen LogP contribution in [-0.2, 0) is 11.2 Å². The molecule has 0 fully saturated rings. The minimum atomic E-state index is -0.348. The van der Waals surface area contributed by atoms with Crippen LogP contribution in [0.4, 0.5) is 0 Å². The van der Waals surface area contributed by atoms with Crippen molar-refractivity contribution in [2.75, 3.05) is 0 Å². The molecule has 0 bridgehead atoms. The lowest BCUT2D eigenvalue weighted by atomic mass is 9.96. The van der Waals surface area contributed by atoms with E-state index in [1.54, 1.807) is 0 Å². The molecule has 2 aromatic rings. The summed E-state index contributed by atoms with van der Waals surface area (Å²) in [7, 11) is 0. The van der Waals surface area contributed by atoms with Gasteiger partial charge in [0.25, 0.3) is 0 Å². The van der Waals surface area contributed by atoms with Crippen LogP contribution >= 0.6 is 0 Å². The Labute approximate surface area is 121 Å². The number of hydrogen-bond donors (Lipinski definition) is 2. The van der Waals surface area contributed by atoms with Gasteiger partial charge in [0.05, 0.1) is 6.04 Å². The molecule has 0 amide bonds. The maximum absolute atomic E-state index is 11.7. The number of nitrogens with two attached hydrogens (primary N) is 1. The van der Waals surface area contributed by atoms with Gasteiger partial charge in [0, 0.05) is 23.0 Å². The number of rotatable bonds is 5. The molecule has 1 heterocycles. The van der Waals surface area contributed by atoms with Crippen LogP contribution in [0.3, 0.4) is 0 Å². The third kappa shape index (κ3) is 3.94. The highest BCUT2D eigenvalue weighted by atomic mass is 16.1. The summed E-state index contributed by atoms with van der Waals surface area (Å²) in [6.45, 7) is 7.79. The number of aromatic amines is 1. The average molecular weight is 274 g/mol. The molecule has 0 saturated carbocycles. The second-order valence-corrected chi connectivity index (χ2v) is 5.06. The third-order valence-electron chi connectivity index (χ3n) is 3.33. The first kappa shape index (κ1) is 16.4. The number of nitrogens with one attached hydrogen (secondary N) is 1. The molecule has 3 N–H and O–H groups in total. The van der Waals surface area contributed by atoms with E-state index in [0.29, 0.717) is 6.42 Å². The molecule has 0 saturated heterocycles. The zero-order valence-electron chi connectivity index (χ0n) is 12.9. The van der Waals surface area contributed by atoms with E-state index in [2.05, 4.69) is 17.1 Å². The highest BCUT2D eigenvalue weighted by molar-refractivity contribution is 5.86. The van der Waals surface area contributed by atoms with Crippen molar-refractivity contribution < 1.29 is 4.79 Å². The molecular weight excluding hydrogens is 248 g/mol. The Morgan fingerprint density at radius 2 is 1.90 bits per heavy atom. The van der Waals surface area contributed by atoms with Gasteiger partial charge in [-0.05, 0) is 24.5 Å². The van der Waals surface area contributed by atoms with Crippen molar-refractivity contribution in [3.8, 4) is 0 Å². The maximum atomic E-state index is 11.7. The van der Waals surface area contributed by atoms with Crippen molar-refractivity contribution in [2.45, 2.75) is 46.6 Å². The Kier molecular flexibility index (Phi) is 6.46. The fourth-order valence-electron chi connectivity index (χ4n) is 2.22. The zero-order valence-corrected chi connectivity index (χ0v) is 12.9. The van der Waals surface area contributed by atoms with Gasteiger partial charge in [-0.25, -0.2) is 0 Å². The maximum Gasteiger partial charge on any atom is 0.152 e. The van der Waals surface area contributed by atoms with E-state index in [0.717, 1.165) is 11.9 Å². The van der Waals surface area contributed by atoms with E-state index < -0.39 is 0 Å². The minimum Gasteiger partial charge on any atom is -0.361 e. The van der Waals surface area contributed by atoms with E-state index >= 15 is 0 Å². The highest BCUT2D eigenvalue weighted by Crippen LogP contribution is 2.19. The van der Waals surface area contributed by atoms with E-state index in [9.17, 15) is 4.79 Å². The van der Waals surface area contributed by atoms with Crippen molar-refractivity contribution in [1.82, 2.24) is 4.98 Å². The molecule has 1 unspecified atom stereocenters.